The van der Waals surface area contributed by atoms with Crippen LogP contribution in [0.5, 0.6) is 11.5 Å². The van der Waals surface area contributed by atoms with Crippen LogP contribution < -0.4 is 20.5 Å². The molecule has 0 fully saturated rings. The van der Waals surface area contributed by atoms with Gasteiger partial charge in [-0.15, -0.1) is 0 Å². The molecule has 3 N–H and O–H groups in total. The normalized spacial score (nSPS) is 10.9. The molecule has 0 saturated heterocycles. The van der Waals surface area contributed by atoms with Gasteiger partial charge in [0.15, 0.2) is 0 Å². The number of nitrogens with zero attached hydrogens (tertiary/aromatic N) is 3. The zero-order valence-electron chi connectivity index (χ0n) is 20.8. The number of rotatable bonds is 10. The van der Waals surface area contributed by atoms with E-state index in [2.05, 4.69) is 10.2 Å². The number of nitrogens with two attached hydrogens (primary N) is 1. The molecule has 1 amide bonds. The molecule has 0 aliphatic heterocycles. The summed E-state index contributed by atoms with van der Waals surface area (Å²) in [6.07, 6.45) is 2.61. The van der Waals surface area contributed by atoms with Gasteiger partial charge in [-0.1, -0.05) is 30.3 Å². The second-order valence-electron chi connectivity index (χ2n) is 8.65. The van der Waals surface area contributed by atoms with Gasteiger partial charge >= 0.3 is 0 Å². The van der Waals surface area contributed by atoms with E-state index in [0.29, 0.717) is 40.7 Å². The second-order valence-corrected chi connectivity index (χ2v) is 8.65. The van der Waals surface area contributed by atoms with Gasteiger partial charge in [0.05, 0.1) is 25.0 Å². The van der Waals surface area contributed by atoms with E-state index < -0.39 is 0 Å². The zero-order chi connectivity index (χ0) is 25.5. The lowest BCUT2D eigenvalue weighted by molar-refractivity contribution is 0.102. The molecule has 0 atom stereocenters. The predicted octanol–water partition coefficient (Wildman–Crippen LogP) is 4.71. The Bertz CT molecular complexity index is 1320. The number of carbonyl (C=O) groups excluding carboxylic acids is 1. The highest BCUT2D eigenvalue weighted by molar-refractivity contribution is 6.08. The molecule has 8 heteroatoms. The molecule has 0 unspecified atom stereocenters. The van der Waals surface area contributed by atoms with Crippen LogP contribution in [0.15, 0.2) is 79.0 Å². The molecule has 0 spiro atoms. The first-order valence-corrected chi connectivity index (χ1v) is 11.7. The number of hydrogen-bond donors (Lipinski definition) is 2. The summed E-state index contributed by atoms with van der Waals surface area (Å²) in [6, 6.07) is 22.4. The first-order valence-electron chi connectivity index (χ1n) is 11.7. The number of aromatic nitrogens is 2. The molecule has 0 radical (unpaired) electrons. The Morgan fingerprint density at radius 1 is 1.03 bits per heavy atom. The van der Waals surface area contributed by atoms with Crippen LogP contribution in [-0.2, 0) is 0 Å². The highest BCUT2D eigenvalue weighted by Crippen LogP contribution is 2.29. The summed E-state index contributed by atoms with van der Waals surface area (Å²) in [4.78, 5) is 15.6. The van der Waals surface area contributed by atoms with Crippen molar-refractivity contribution in [2.24, 2.45) is 0 Å². The molecule has 8 nitrogen and oxygen atoms in total. The van der Waals surface area contributed by atoms with Crippen molar-refractivity contribution in [1.82, 2.24) is 14.7 Å². The Labute approximate surface area is 211 Å². The Kier molecular flexibility index (Phi) is 7.87. The Hall–Kier alpha value is -4.30. The van der Waals surface area contributed by atoms with E-state index in [-0.39, 0.29) is 5.91 Å². The fraction of sp³-hybridized carbons (Fsp3) is 0.214. The van der Waals surface area contributed by atoms with Crippen molar-refractivity contribution in [3.8, 4) is 28.4 Å². The molecule has 0 aliphatic carbocycles. The van der Waals surface area contributed by atoms with Gasteiger partial charge in [0.25, 0.3) is 5.91 Å². The Morgan fingerprint density at radius 3 is 2.58 bits per heavy atom. The van der Waals surface area contributed by atoms with Crippen LogP contribution in [0.4, 0.5) is 11.4 Å². The van der Waals surface area contributed by atoms with Gasteiger partial charge in [0.1, 0.15) is 17.2 Å². The third kappa shape index (κ3) is 6.22. The standard InChI is InChI=1S/C28H31N5O3/c1-32(2)13-8-14-36-25-17-21(29)16-22(18-25)30-28(34)26-19-33(23-10-5-4-6-11-23)31-27(26)20-9-7-12-24(15-20)35-3/h4-7,9-12,15-19H,8,13-14,29H2,1-3H3,(H,30,34). The minimum atomic E-state index is -0.306. The van der Waals surface area contributed by atoms with Gasteiger partial charge in [0, 0.05) is 41.8 Å². The molecule has 186 valence electrons. The number of ether oxygens (including phenoxy) is 2. The van der Waals surface area contributed by atoms with Crippen molar-refractivity contribution in [3.05, 3.63) is 84.6 Å². The van der Waals surface area contributed by atoms with Crippen LogP contribution in [0.1, 0.15) is 16.8 Å². The molecule has 4 rings (SSSR count). The highest BCUT2D eigenvalue weighted by atomic mass is 16.5. The van der Waals surface area contributed by atoms with Crippen LogP contribution in [0.25, 0.3) is 16.9 Å². The van der Waals surface area contributed by atoms with E-state index in [1.165, 1.54) is 0 Å². The maximum Gasteiger partial charge on any atom is 0.259 e. The fourth-order valence-corrected chi connectivity index (χ4v) is 3.78. The average molecular weight is 486 g/mol. The van der Waals surface area contributed by atoms with Crippen molar-refractivity contribution in [2.75, 3.05) is 45.4 Å². The lowest BCUT2D eigenvalue weighted by atomic mass is 10.1. The molecule has 36 heavy (non-hydrogen) atoms. The van der Waals surface area contributed by atoms with Gasteiger partial charge in [-0.3, -0.25) is 4.79 Å². The largest absolute Gasteiger partial charge is 0.497 e. The van der Waals surface area contributed by atoms with E-state index in [0.717, 1.165) is 24.2 Å². The monoisotopic (exact) mass is 485 g/mol. The number of anilines is 2. The second kappa shape index (κ2) is 11.4. The van der Waals surface area contributed by atoms with Crippen molar-refractivity contribution in [2.45, 2.75) is 6.42 Å². The summed E-state index contributed by atoms with van der Waals surface area (Å²) in [5.74, 6) is 0.983. The van der Waals surface area contributed by atoms with E-state index in [9.17, 15) is 4.79 Å². The summed E-state index contributed by atoms with van der Waals surface area (Å²) in [7, 11) is 5.65. The van der Waals surface area contributed by atoms with Crippen LogP contribution in [0.3, 0.4) is 0 Å². The number of nitrogen functional groups attached to an aromatic ring is 1. The Morgan fingerprint density at radius 2 is 1.83 bits per heavy atom. The molecular formula is C28H31N5O3. The SMILES string of the molecule is COc1cccc(-c2nn(-c3ccccc3)cc2C(=O)Nc2cc(N)cc(OCCCN(C)C)c2)c1. The zero-order valence-corrected chi connectivity index (χ0v) is 20.8. The van der Waals surface area contributed by atoms with Gasteiger partial charge in [-0.2, -0.15) is 5.10 Å². The summed E-state index contributed by atoms with van der Waals surface area (Å²) in [5, 5.41) is 7.69. The molecule has 1 heterocycles. The molecular weight excluding hydrogens is 454 g/mol. The maximum atomic E-state index is 13.5. The summed E-state index contributed by atoms with van der Waals surface area (Å²) < 4.78 is 12.9. The molecule has 0 bridgehead atoms. The summed E-state index contributed by atoms with van der Waals surface area (Å²) in [6.45, 7) is 1.48. The van der Waals surface area contributed by atoms with E-state index in [1.54, 1.807) is 36.2 Å². The minimum Gasteiger partial charge on any atom is -0.497 e. The lowest BCUT2D eigenvalue weighted by Gasteiger charge is -2.12. The van der Waals surface area contributed by atoms with Gasteiger partial charge in [0.2, 0.25) is 0 Å². The third-order valence-corrected chi connectivity index (χ3v) is 5.53. The molecule has 1 aromatic heterocycles. The summed E-state index contributed by atoms with van der Waals surface area (Å²) >= 11 is 0. The topological polar surface area (TPSA) is 94.6 Å². The van der Waals surface area contributed by atoms with Crippen LogP contribution in [-0.4, -0.2) is 54.9 Å². The van der Waals surface area contributed by atoms with Gasteiger partial charge < -0.3 is 25.4 Å². The number of benzene rings is 3. The minimum absolute atomic E-state index is 0.306. The smallest absolute Gasteiger partial charge is 0.259 e. The number of nitrogens with one attached hydrogen (secondary N) is 1. The molecule has 0 aliphatic rings. The van der Waals surface area contributed by atoms with Gasteiger partial charge in [-0.05, 0) is 50.8 Å². The van der Waals surface area contributed by atoms with Crippen molar-refractivity contribution >= 4 is 17.3 Å². The molecule has 4 aromatic rings. The molecule has 0 saturated carbocycles. The summed E-state index contributed by atoms with van der Waals surface area (Å²) in [5.41, 5.74) is 9.72. The molecule has 3 aromatic carbocycles. The lowest BCUT2D eigenvalue weighted by Crippen LogP contribution is -2.15. The van der Waals surface area contributed by atoms with Crippen molar-refractivity contribution in [3.63, 3.8) is 0 Å². The number of carbonyl (C=O) groups is 1. The van der Waals surface area contributed by atoms with Gasteiger partial charge in [-0.25, -0.2) is 4.68 Å². The van der Waals surface area contributed by atoms with Crippen molar-refractivity contribution in [1.29, 1.82) is 0 Å². The first-order chi connectivity index (χ1) is 17.4. The number of para-hydroxylation sites is 1. The van der Waals surface area contributed by atoms with E-state index in [4.69, 9.17) is 20.3 Å². The van der Waals surface area contributed by atoms with Crippen LogP contribution in [0, 0.1) is 0 Å². The fourth-order valence-electron chi connectivity index (χ4n) is 3.78. The van der Waals surface area contributed by atoms with Crippen LogP contribution >= 0.6 is 0 Å². The number of hydrogen-bond acceptors (Lipinski definition) is 6. The van der Waals surface area contributed by atoms with Crippen LogP contribution in [0.2, 0.25) is 0 Å². The van der Waals surface area contributed by atoms with E-state index in [1.807, 2.05) is 68.7 Å². The maximum absolute atomic E-state index is 13.5. The predicted molar refractivity (Wildman–Crippen MR) is 143 cm³/mol. The average Bonchev–Trinajstić information content (AvgIpc) is 3.33. The highest BCUT2D eigenvalue weighted by Gasteiger charge is 2.20. The number of amides is 1. The Balaban J connectivity index is 1.62. The first kappa shape index (κ1) is 24.8. The third-order valence-electron chi connectivity index (χ3n) is 5.53. The quantitative estimate of drug-likeness (QED) is 0.250. The van der Waals surface area contributed by atoms with E-state index >= 15 is 0 Å². The number of methoxy groups -OCH3 is 1. The van der Waals surface area contributed by atoms with Crippen molar-refractivity contribution < 1.29 is 14.3 Å².